The highest BCUT2D eigenvalue weighted by Gasteiger charge is 2.48. The van der Waals surface area contributed by atoms with Crippen molar-refractivity contribution in [1.29, 1.82) is 0 Å². The zero-order valence-electron chi connectivity index (χ0n) is 16.0. The number of likely N-dealkylation sites (tertiary alicyclic amines) is 1. The van der Waals surface area contributed by atoms with Crippen molar-refractivity contribution < 1.29 is 9.18 Å². The number of rotatable bonds is 2. The van der Waals surface area contributed by atoms with E-state index >= 15 is 0 Å². The smallest absolute Gasteiger partial charge is 0.257 e. The molecule has 2 aliphatic heterocycles. The number of piperidine rings is 1. The molecule has 27 heavy (non-hydrogen) atoms. The SMILES string of the molecule is Cc1ncncc1C(=O)N1CC[C@H]2[C@@H](C1)CC(C)(C)N2c1ccc(F)cc1. The maximum absolute atomic E-state index is 13.4. The third kappa shape index (κ3) is 3.17. The molecule has 0 saturated carbocycles. The number of benzene rings is 1. The number of aromatic nitrogens is 2. The average Bonchev–Trinajstić information content (AvgIpc) is 2.91. The van der Waals surface area contributed by atoms with Crippen LogP contribution in [0.2, 0.25) is 0 Å². The molecule has 1 aromatic heterocycles. The predicted molar refractivity (Wildman–Crippen MR) is 102 cm³/mol. The van der Waals surface area contributed by atoms with Gasteiger partial charge < -0.3 is 9.80 Å². The molecule has 3 heterocycles. The van der Waals surface area contributed by atoms with Gasteiger partial charge in [-0.05, 0) is 63.8 Å². The average molecular weight is 368 g/mol. The van der Waals surface area contributed by atoms with Crippen molar-refractivity contribution in [3.05, 3.63) is 53.9 Å². The van der Waals surface area contributed by atoms with E-state index in [2.05, 4.69) is 28.7 Å². The summed E-state index contributed by atoms with van der Waals surface area (Å²) in [6.45, 7) is 7.75. The molecule has 0 aliphatic carbocycles. The largest absolute Gasteiger partial charge is 0.363 e. The van der Waals surface area contributed by atoms with Gasteiger partial charge in [-0.2, -0.15) is 0 Å². The first-order valence-electron chi connectivity index (χ1n) is 9.47. The van der Waals surface area contributed by atoms with Crippen LogP contribution in [0.4, 0.5) is 10.1 Å². The van der Waals surface area contributed by atoms with Gasteiger partial charge in [-0.1, -0.05) is 0 Å². The van der Waals surface area contributed by atoms with E-state index in [9.17, 15) is 9.18 Å². The Labute approximate surface area is 159 Å². The van der Waals surface area contributed by atoms with E-state index in [4.69, 9.17) is 0 Å². The molecule has 0 spiro atoms. The number of carbonyl (C=O) groups is 1. The molecule has 2 aromatic rings. The summed E-state index contributed by atoms with van der Waals surface area (Å²) in [7, 11) is 0. The molecule has 2 atom stereocenters. The van der Waals surface area contributed by atoms with Crippen molar-refractivity contribution in [3.8, 4) is 0 Å². The standard InChI is InChI=1S/C21H25FN4O/c1-14-18(11-23-13-24-14)20(27)25-9-8-19-15(12-25)10-21(2,3)26(19)17-6-4-16(22)5-7-17/h4-7,11,13,15,19H,8-10,12H2,1-3H3/t15-,19+/m1/s1. The lowest BCUT2D eigenvalue weighted by Crippen LogP contribution is -2.50. The van der Waals surface area contributed by atoms with Crippen LogP contribution in [0.15, 0.2) is 36.8 Å². The minimum absolute atomic E-state index is 0.0181. The van der Waals surface area contributed by atoms with Gasteiger partial charge in [-0.3, -0.25) is 4.79 Å². The van der Waals surface area contributed by atoms with Crippen LogP contribution in [0.5, 0.6) is 0 Å². The van der Waals surface area contributed by atoms with E-state index in [-0.39, 0.29) is 17.3 Å². The molecule has 142 valence electrons. The molecular weight excluding hydrogens is 343 g/mol. The molecule has 5 nitrogen and oxygen atoms in total. The highest BCUT2D eigenvalue weighted by molar-refractivity contribution is 5.95. The van der Waals surface area contributed by atoms with Crippen molar-refractivity contribution in [3.63, 3.8) is 0 Å². The Morgan fingerprint density at radius 1 is 1.26 bits per heavy atom. The topological polar surface area (TPSA) is 49.3 Å². The van der Waals surface area contributed by atoms with E-state index in [1.54, 1.807) is 6.20 Å². The van der Waals surface area contributed by atoms with Crippen LogP contribution in [-0.2, 0) is 0 Å². The summed E-state index contributed by atoms with van der Waals surface area (Å²) >= 11 is 0. The first-order chi connectivity index (χ1) is 12.9. The van der Waals surface area contributed by atoms with Gasteiger partial charge in [0.25, 0.3) is 5.91 Å². The molecular formula is C21H25FN4O. The van der Waals surface area contributed by atoms with Gasteiger partial charge in [0, 0.05) is 36.6 Å². The Morgan fingerprint density at radius 2 is 2.00 bits per heavy atom. The molecule has 6 heteroatoms. The lowest BCUT2D eigenvalue weighted by Gasteiger charge is -2.42. The molecule has 2 aliphatic rings. The molecule has 1 aromatic carbocycles. The van der Waals surface area contributed by atoms with Crippen molar-refractivity contribution in [2.24, 2.45) is 5.92 Å². The fourth-order valence-corrected chi connectivity index (χ4v) is 4.85. The van der Waals surface area contributed by atoms with Gasteiger partial charge in [-0.15, -0.1) is 0 Å². The number of amides is 1. The first-order valence-corrected chi connectivity index (χ1v) is 9.47. The zero-order chi connectivity index (χ0) is 19.2. The second-order valence-electron chi connectivity index (χ2n) is 8.25. The first kappa shape index (κ1) is 17.9. The number of carbonyl (C=O) groups excluding carboxylic acids is 1. The molecule has 1 amide bonds. The number of hydrogen-bond acceptors (Lipinski definition) is 4. The van der Waals surface area contributed by atoms with Crippen LogP contribution in [0.1, 0.15) is 42.7 Å². The van der Waals surface area contributed by atoms with E-state index in [0.29, 0.717) is 24.1 Å². The van der Waals surface area contributed by atoms with E-state index in [1.807, 2.05) is 24.0 Å². The highest BCUT2D eigenvalue weighted by atomic mass is 19.1. The minimum atomic E-state index is -0.215. The van der Waals surface area contributed by atoms with E-state index in [1.165, 1.54) is 18.5 Å². The lowest BCUT2D eigenvalue weighted by molar-refractivity contribution is 0.0665. The maximum atomic E-state index is 13.4. The number of fused-ring (bicyclic) bond motifs is 1. The summed E-state index contributed by atoms with van der Waals surface area (Å²) < 4.78 is 13.4. The Kier molecular flexibility index (Phi) is 4.36. The Morgan fingerprint density at radius 3 is 2.70 bits per heavy atom. The lowest BCUT2D eigenvalue weighted by atomic mass is 9.89. The number of anilines is 1. The van der Waals surface area contributed by atoms with Gasteiger partial charge in [0.15, 0.2) is 0 Å². The highest BCUT2D eigenvalue weighted by Crippen LogP contribution is 2.44. The van der Waals surface area contributed by atoms with Crippen molar-refractivity contribution in [2.75, 3.05) is 18.0 Å². The quantitative estimate of drug-likeness (QED) is 0.815. The Hall–Kier alpha value is -2.50. The fraction of sp³-hybridized carbons (Fsp3) is 0.476. The van der Waals surface area contributed by atoms with Gasteiger partial charge in [-0.25, -0.2) is 14.4 Å². The summed E-state index contributed by atoms with van der Waals surface area (Å²) in [5.41, 5.74) is 2.33. The van der Waals surface area contributed by atoms with Crippen LogP contribution in [0, 0.1) is 18.7 Å². The number of hydrogen-bond donors (Lipinski definition) is 0. The number of halogens is 1. The summed E-state index contributed by atoms with van der Waals surface area (Å²) in [5.74, 6) is 0.199. The summed E-state index contributed by atoms with van der Waals surface area (Å²) in [6.07, 6.45) is 4.99. The van der Waals surface area contributed by atoms with Crippen LogP contribution in [0.3, 0.4) is 0 Å². The van der Waals surface area contributed by atoms with Crippen LogP contribution >= 0.6 is 0 Å². The molecule has 2 saturated heterocycles. The summed E-state index contributed by atoms with van der Waals surface area (Å²) in [4.78, 5) is 25.5. The second kappa shape index (κ2) is 6.59. The second-order valence-corrected chi connectivity index (χ2v) is 8.25. The fourth-order valence-electron chi connectivity index (χ4n) is 4.85. The Bertz CT molecular complexity index is 852. The van der Waals surface area contributed by atoms with Gasteiger partial charge in [0.05, 0.1) is 11.3 Å². The number of nitrogens with zero attached hydrogens (tertiary/aromatic N) is 4. The molecule has 0 radical (unpaired) electrons. The van der Waals surface area contributed by atoms with E-state index in [0.717, 1.165) is 30.8 Å². The van der Waals surface area contributed by atoms with Gasteiger partial charge in [0.1, 0.15) is 12.1 Å². The minimum Gasteiger partial charge on any atom is -0.363 e. The van der Waals surface area contributed by atoms with Crippen LogP contribution < -0.4 is 4.90 Å². The Balaban J connectivity index is 1.56. The molecule has 4 rings (SSSR count). The molecule has 2 fully saturated rings. The van der Waals surface area contributed by atoms with Crippen molar-refractivity contribution in [1.82, 2.24) is 14.9 Å². The predicted octanol–water partition coefficient (Wildman–Crippen LogP) is 3.44. The van der Waals surface area contributed by atoms with Gasteiger partial charge in [0.2, 0.25) is 0 Å². The molecule has 0 unspecified atom stereocenters. The van der Waals surface area contributed by atoms with Gasteiger partial charge >= 0.3 is 0 Å². The summed E-state index contributed by atoms with van der Waals surface area (Å²) in [6, 6.07) is 7.14. The summed E-state index contributed by atoms with van der Waals surface area (Å²) in [5, 5.41) is 0. The molecule has 0 N–H and O–H groups in total. The maximum Gasteiger partial charge on any atom is 0.257 e. The van der Waals surface area contributed by atoms with Crippen molar-refractivity contribution >= 4 is 11.6 Å². The van der Waals surface area contributed by atoms with Crippen molar-refractivity contribution in [2.45, 2.75) is 45.2 Å². The van der Waals surface area contributed by atoms with Crippen LogP contribution in [0.25, 0.3) is 0 Å². The third-order valence-corrected chi connectivity index (χ3v) is 5.97. The normalized spacial score (nSPS) is 24.0. The monoisotopic (exact) mass is 368 g/mol. The molecule has 0 bridgehead atoms. The third-order valence-electron chi connectivity index (χ3n) is 5.97. The number of aryl methyl sites for hydroxylation is 1. The van der Waals surface area contributed by atoms with Crippen LogP contribution in [-0.4, -0.2) is 45.4 Å². The van der Waals surface area contributed by atoms with E-state index < -0.39 is 0 Å². The zero-order valence-corrected chi connectivity index (χ0v) is 16.0.